The van der Waals surface area contributed by atoms with E-state index >= 15 is 0 Å². The Morgan fingerprint density at radius 1 is 1.17 bits per heavy atom. The van der Waals surface area contributed by atoms with Gasteiger partial charge in [0.25, 0.3) is 5.91 Å². The van der Waals surface area contributed by atoms with Crippen molar-refractivity contribution in [1.82, 2.24) is 14.8 Å². The molecule has 0 spiro atoms. The minimum absolute atomic E-state index is 0.241. The maximum Gasteiger partial charge on any atom is 0.329 e. The Morgan fingerprint density at radius 2 is 1.91 bits per heavy atom. The molecule has 6 heteroatoms. The molecule has 2 heterocycles. The number of rotatable bonds is 4. The third-order valence-electron chi connectivity index (χ3n) is 3.59. The van der Waals surface area contributed by atoms with Crippen LogP contribution < -0.4 is 5.32 Å². The molecule has 0 aliphatic carbocycles. The fourth-order valence-electron chi connectivity index (χ4n) is 2.49. The molecule has 1 aromatic carbocycles. The first-order chi connectivity index (χ1) is 11.1. The summed E-state index contributed by atoms with van der Waals surface area (Å²) in [6.07, 6.45) is 4.14. The van der Waals surface area contributed by atoms with Crippen LogP contribution in [0.15, 0.2) is 48.3 Å². The smallest absolute Gasteiger partial charge is 0.317 e. The molecule has 1 aliphatic rings. The average molecular weight is 313 g/mol. The van der Waals surface area contributed by atoms with Crippen molar-refractivity contribution in [3.8, 4) is 5.69 Å². The standard InChI is InChI=1S/C17H16FN3O2/c1-2-9-21-16(22)15(19-17(21)23)11-14-4-3-10-20(14)13-7-5-12(18)6-8-13/h3-8,10-11H,2,9H2,1H3,(H,19,23)/b15-11+. The van der Waals surface area contributed by atoms with Gasteiger partial charge in [0.1, 0.15) is 11.5 Å². The van der Waals surface area contributed by atoms with E-state index in [1.54, 1.807) is 18.2 Å². The first-order valence-electron chi connectivity index (χ1n) is 7.38. The lowest BCUT2D eigenvalue weighted by Gasteiger charge is -2.09. The molecule has 118 valence electrons. The van der Waals surface area contributed by atoms with Gasteiger partial charge in [-0.25, -0.2) is 9.18 Å². The van der Waals surface area contributed by atoms with Crippen LogP contribution in [0.3, 0.4) is 0 Å². The maximum atomic E-state index is 13.0. The normalized spacial score (nSPS) is 16.3. The van der Waals surface area contributed by atoms with Crippen molar-refractivity contribution in [1.29, 1.82) is 0 Å². The second-order valence-corrected chi connectivity index (χ2v) is 5.22. The Hall–Kier alpha value is -2.89. The molecule has 0 saturated carbocycles. The van der Waals surface area contributed by atoms with Crippen LogP contribution in [-0.4, -0.2) is 28.0 Å². The number of hydrogen-bond acceptors (Lipinski definition) is 2. The summed E-state index contributed by atoms with van der Waals surface area (Å²) >= 11 is 0. The maximum absolute atomic E-state index is 13.0. The molecule has 0 bridgehead atoms. The highest BCUT2D eigenvalue weighted by Gasteiger charge is 2.32. The first-order valence-corrected chi connectivity index (χ1v) is 7.38. The number of urea groups is 1. The molecular weight excluding hydrogens is 297 g/mol. The van der Waals surface area contributed by atoms with Gasteiger partial charge < -0.3 is 9.88 Å². The monoisotopic (exact) mass is 313 g/mol. The van der Waals surface area contributed by atoms with Crippen LogP contribution >= 0.6 is 0 Å². The highest BCUT2D eigenvalue weighted by Crippen LogP contribution is 2.18. The minimum Gasteiger partial charge on any atom is -0.317 e. The van der Waals surface area contributed by atoms with E-state index in [2.05, 4.69) is 5.32 Å². The molecule has 2 aromatic rings. The van der Waals surface area contributed by atoms with Crippen LogP contribution in [0.2, 0.25) is 0 Å². The lowest BCUT2D eigenvalue weighted by Crippen LogP contribution is -2.31. The van der Waals surface area contributed by atoms with Gasteiger partial charge in [0.05, 0.1) is 0 Å². The van der Waals surface area contributed by atoms with E-state index in [-0.39, 0.29) is 17.4 Å². The summed E-state index contributed by atoms with van der Waals surface area (Å²) in [5.74, 6) is -0.641. The molecule has 1 saturated heterocycles. The molecule has 1 N–H and O–H groups in total. The lowest BCUT2D eigenvalue weighted by molar-refractivity contribution is -0.122. The molecule has 3 amide bonds. The van der Waals surface area contributed by atoms with E-state index in [0.29, 0.717) is 13.0 Å². The van der Waals surface area contributed by atoms with Crippen LogP contribution in [0.5, 0.6) is 0 Å². The largest absolute Gasteiger partial charge is 0.329 e. The van der Waals surface area contributed by atoms with Gasteiger partial charge in [-0.3, -0.25) is 9.69 Å². The Kier molecular flexibility index (Phi) is 3.97. The van der Waals surface area contributed by atoms with Crippen LogP contribution in [-0.2, 0) is 4.79 Å². The van der Waals surface area contributed by atoms with Crippen molar-refractivity contribution in [3.05, 3.63) is 59.8 Å². The molecule has 0 atom stereocenters. The molecular formula is C17H16FN3O2. The zero-order valence-electron chi connectivity index (χ0n) is 12.6. The van der Waals surface area contributed by atoms with E-state index in [0.717, 1.165) is 11.4 Å². The van der Waals surface area contributed by atoms with E-state index in [4.69, 9.17) is 0 Å². The summed E-state index contributed by atoms with van der Waals surface area (Å²) < 4.78 is 14.9. The van der Waals surface area contributed by atoms with Crippen LogP contribution in [0.4, 0.5) is 9.18 Å². The van der Waals surface area contributed by atoms with Crippen molar-refractivity contribution in [2.45, 2.75) is 13.3 Å². The van der Waals surface area contributed by atoms with Crippen LogP contribution in [0.1, 0.15) is 19.0 Å². The molecule has 1 aliphatic heterocycles. The van der Waals surface area contributed by atoms with Crippen molar-refractivity contribution >= 4 is 18.0 Å². The molecule has 1 aromatic heterocycles. The lowest BCUT2D eigenvalue weighted by atomic mass is 10.2. The van der Waals surface area contributed by atoms with Crippen LogP contribution in [0.25, 0.3) is 11.8 Å². The fraction of sp³-hybridized carbons (Fsp3) is 0.176. The predicted molar refractivity (Wildman–Crippen MR) is 84.2 cm³/mol. The van der Waals surface area contributed by atoms with E-state index < -0.39 is 6.03 Å². The second-order valence-electron chi connectivity index (χ2n) is 5.22. The van der Waals surface area contributed by atoms with Gasteiger partial charge in [0.15, 0.2) is 0 Å². The van der Waals surface area contributed by atoms with E-state index in [9.17, 15) is 14.0 Å². The van der Waals surface area contributed by atoms with Gasteiger partial charge in [-0.1, -0.05) is 6.92 Å². The van der Waals surface area contributed by atoms with E-state index in [1.165, 1.54) is 17.0 Å². The SMILES string of the molecule is CCCN1C(=O)N/C(=C/c2cccn2-c2ccc(F)cc2)C1=O. The summed E-state index contributed by atoms with van der Waals surface area (Å²) in [6.45, 7) is 2.29. The number of aromatic nitrogens is 1. The second kappa shape index (κ2) is 6.08. The Morgan fingerprint density at radius 3 is 2.61 bits per heavy atom. The number of carbonyl (C=O) groups is 2. The van der Waals surface area contributed by atoms with Crippen molar-refractivity contribution in [2.75, 3.05) is 6.54 Å². The molecule has 3 rings (SSSR count). The third-order valence-corrected chi connectivity index (χ3v) is 3.59. The zero-order chi connectivity index (χ0) is 16.4. The number of imide groups is 1. The van der Waals surface area contributed by atoms with Gasteiger partial charge >= 0.3 is 6.03 Å². The highest BCUT2D eigenvalue weighted by atomic mass is 19.1. The van der Waals surface area contributed by atoms with Gasteiger partial charge in [0.2, 0.25) is 0 Å². The average Bonchev–Trinajstić information content (AvgIpc) is 3.09. The predicted octanol–water partition coefficient (Wildman–Crippen LogP) is 2.92. The molecule has 1 fully saturated rings. The summed E-state index contributed by atoms with van der Waals surface area (Å²) in [5, 5.41) is 2.59. The molecule has 0 unspecified atom stereocenters. The molecule has 5 nitrogen and oxygen atoms in total. The van der Waals surface area contributed by atoms with Gasteiger partial charge in [-0.15, -0.1) is 0 Å². The van der Waals surface area contributed by atoms with Gasteiger partial charge in [-0.05, 0) is 48.9 Å². The quantitative estimate of drug-likeness (QED) is 0.697. The third kappa shape index (κ3) is 2.88. The minimum atomic E-state index is -0.400. The number of nitrogens with zero attached hydrogens (tertiary/aromatic N) is 2. The first kappa shape index (κ1) is 15.0. The van der Waals surface area contributed by atoms with Crippen molar-refractivity contribution < 1.29 is 14.0 Å². The molecule has 23 heavy (non-hydrogen) atoms. The number of hydrogen-bond donors (Lipinski definition) is 1. The summed E-state index contributed by atoms with van der Waals surface area (Å²) in [7, 11) is 0. The van der Waals surface area contributed by atoms with Gasteiger partial charge in [0, 0.05) is 24.1 Å². The highest BCUT2D eigenvalue weighted by molar-refractivity contribution is 6.13. The Bertz CT molecular complexity index is 777. The molecule has 0 radical (unpaired) electrons. The number of nitrogens with one attached hydrogen (secondary N) is 1. The summed E-state index contributed by atoms with van der Waals surface area (Å²) in [4.78, 5) is 25.2. The Balaban J connectivity index is 1.92. The van der Waals surface area contributed by atoms with Gasteiger partial charge in [-0.2, -0.15) is 0 Å². The summed E-state index contributed by atoms with van der Waals surface area (Å²) in [6, 6.07) is 9.28. The van der Waals surface area contributed by atoms with E-state index in [1.807, 2.05) is 29.8 Å². The number of halogens is 1. The van der Waals surface area contributed by atoms with Crippen molar-refractivity contribution in [3.63, 3.8) is 0 Å². The fourth-order valence-corrected chi connectivity index (χ4v) is 2.49. The summed E-state index contributed by atoms with van der Waals surface area (Å²) in [5.41, 5.74) is 1.73. The van der Waals surface area contributed by atoms with Crippen LogP contribution in [0, 0.1) is 5.82 Å². The number of amides is 3. The Labute approximate surface area is 133 Å². The topological polar surface area (TPSA) is 54.3 Å². The number of benzene rings is 1. The number of carbonyl (C=O) groups excluding carboxylic acids is 2. The van der Waals surface area contributed by atoms with Crippen molar-refractivity contribution in [2.24, 2.45) is 0 Å². The zero-order valence-corrected chi connectivity index (χ0v) is 12.6.